The lowest BCUT2D eigenvalue weighted by Crippen LogP contribution is -2.41. The van der Waals surface area contributed by atoms with E-state index in [0.29, 0.717) is 24.5 Å². The fraction of sp³-hybridized carbons (Fsp3) is 0.929. The van der Waals surface area contributed by atoms with Crippen LogP contribution in [0, 0.1) is 0 Å². The number of nitrogens with one attached hydrogen (secondary N) is 2. The van der Waals surface area contributed by atoms with Gasteiger partial charge in [0.15, 0.2) is 0 Å². The predicted octanol–water partition coefficient (Wildman–Crippen LogP) is 1.29. The Kier molecular flexibility index (Phi) is 5.45. The van der Waals surface area contributed by atoms with Gasteiger partial charge in [-0.1, -0.05) is 6.42 Å². The number of rotatable bonds is 4. The normalized spacial score (nSPS) is 33.1. The van der Waals surface area contributed by atoms with Crippen LogP contribution in [0.1, 0.15) is 57.8 Å². The molecule has 18 heavy (non-hydrogen) atoms. The minimum absolute atomic E-state index is 0.225. The Bertz CT molecular complexity index is 256. The molecule has 1 unspecified atom stereocenters. The first-order chi connectivity index (χ1) is 8.74. The van der Waals surface area contributed by atoms with Crippen molar-refractivity contribution in [2.24, 2.45) is 5.73 Å². The molecule has 1 aliphatic heterocycles. The Morgan fingerprint density at radius 2 is 1.94 bits per heavy atom. The van der Waals surface area contributed by atoms with Crippen LogP contribution in [-0.4, -0.2) is 30.6 Å². The first-order valence-electron chi connectivity index (χ1n) is 7.52. The monoisotopic (exact) mass is 253 g/mol. The van der Waals surface area contributed by atoms with Gasteiger partial charge in [0.1, 0.15) is 0 Å². The Morgan fingerprint density at radius 3 is 2.61 bits per heavy atom. The van der Waals surface area contributed by atoms with Crippen LogP contribution in [0.4, 0.5) is 0 Å². The van der Waals surface area contributed by atoms with E-state index in [2.05, 4.69) is 10.6 Å². The highest BCUT2D eigenvalue weighted by Gasteiger charge is 2.20. The number of nitrogens with two attached hydrogens (primary N) is 1. The van der Waals surface area contributed by atoms with Gasteiger partial charge in [-0.3, -0.25) is 4.79 Å². The summed E-state index contributed by atoms with van der Waals surface area (Å²) in [7, 11) is 0. The molecule has 0 spiro atoms. The highest BCUT2D eigenvalue weighted by atomic mass is 16.1. The minimum atomic E-state index is 0.225. The van der Waals surface area contributed by atoms with Gasteiger partial charge in [0, 0.05) is 24.5 Å². The Morgan fingerprint density at radius 1 is 1.17 bits per heavy atom. The number of hydrogen-bond donors (Lipinski definition) is 3. The van der Waals surface area contributed by atoms with Crippen molar-refractivity contribution >= 4 is 5.91 Å². The van der Waals surface area contributed by atoms with Crippen LogP contribution in [-0.2, 0) is 4.79 Å². The standard InChI is InChI=1S/C14H27N3O/c15-11-4-6-13(7-5-11)17-14(18)9-8-12-3-1-2-10-16-12/h11-13,16H,1-10,15H2,(H,17,18). The molecule has 2 aliphatic rings. The van der Waals surface area contributed by atoms with E-state index in [1.165, 1.54) is 19.3 Å². The maximum atomic E-state index is 11.9. The average Bonchev–Trinajstić information content (AvgIpc) is 2.40. The van der Waals surface area contributed by atoms with Crippen molar-refractivity contribution in [3.8, 4) is 0 Å². The maximum Gasteiger partial charge on any atom is 0.220 e. The largest absolute Gasteiger partial charge is 0.353 e. The maximum absolute atomic E-state index is 11.9. The van der Waals surface area contributed by atoms with Gasteiger partial charge in [0.05, 0.1) is 0 Å². The molecule has 2 fully saturated rings. The van der Waals surface area contributed by atoms with E-state index in [0.717, 1.165) is 38.6 Å². The summed E-state index contributed by atoms with van der Waals surface area (Å²) in [5, 5.41) is 6.64. The fourth-order valence-corrected chi connectivity index (χ4v) is 3.04. The van der Waals surface area contributed by atoms with Crippen molar-refractivity contribution in [3.05, 3.63) is 0 Å². The number of amides is 1. The molecule has 1 saturated carbocycles. The SMILES string of the molecule is NC1CCC(NC(=O)CCC2CCCCN2)CC1. The lowest BCUT2D eigenvalue weighted by atomic mass is 9.91. The lowest BCUT2D eigenvalue weighted by molar-refractivity contribution is -0.122. The molecule has 4 N–H and O–H groups in total. The van der Waals surface area contributed by atoms with Gasteiger partial charge in [-0.2, -0.15) is 0 Å². The molecule has 4 heteroatoms. The Balaban J connectivity index is 1.59. The summed E-state index contributed by atoms with van der Waals surface area (Å²) < 4.78 is 0. The zero-order chi connectivity index (χ0) is 12.8. The third-order valence-electron chi connectivity index (χ3n) is 4.27. The summed E-state index contributed by atoms with van der Waals surface area (Å²) in [4.78, 5) is 11.9. The number of carbonyl (C=O) groups excluding carboxylic acids is 1. The molecule has 1 heterocycles. The first-order valence-corrected chi connectivity index (χ1v) is 7.52. The zero-order valence-electron chi connectivity index (χ0n) is 11.3. The van der Waals surface area contributed by atoms with Crippen molar-refractivity contribution in [2.75, 3.05) is 6.54 Å². The summed E-state index contributed by atoms with van der Waals surface area (Å²) >= 11 is 0. The smallest absolute Gasteiger partial charge is 0.220 e. The summed E-state index contributed by atoms with van der Waals surface area (Å²) in [6, 6.07) is 1.28. The molecule has 104 valence electrons. The summed E-state index contributed by atoms with van der Waals surface area (Å²) in [5.74, 6) is 0.225. The van der Waals surface area contributed by atoms with E-state index < -0.39 is 0 Å². The van der Waals surface area contributed by atoms with Crippen LogP contribution in [0.15, 0.2) is 0 Å². The van der Waals surface area contributed by atoms with Crippen molar-refractivity contribution in [1.82, 2.24) is 10.6 Å². The highest BCUT2D eigenvalue weighted by Crippen LogP contribution is 2.17. The van der Waals surface area contributed by atoms with Crippen LogP contribution in [0.25, 0.3) is 0 Å². The zero-order valence-corrected chi connectivity index (χ0v) is 11.3. The molecule has 1 aliphatic carbocycles. The van der Waals surface area contributed by atoms with E-state index in [1.807, 2.05) is 0 Å². The molecular formula is C14H27N3O. The van der Waals surface area contributed by atoms with Crippen LogP contribution >= 0.6 is 0 Å². The second-order valence-electron chi connectivity index (χ2n) is 5.86. The van der Waals surface area contributed by atoms with Gasteiger partial charge in [0.2, 0.25) is 5.91 Å². The van der Waals surface area contributed by atoms with Crippen LogP contribution in [0.2, 0.25) is 0 Å². The molecule has 1 amide bonds. The van der Waals surface area contributed by atoms with E-state index in [4.69, 9.17) is 5.73 Å². The van der Waals surface area contributed by atoms with Gasteiger partial charge in [-0.05, 0) is 51.5 Å². The highest BCUT2D eigenvalue weighted by molar-refractivity contribution is 5.76. The molecule has 0 aromatic rings. The first kappa shape index (κ1) is 13.8. The molecule has 0 aromatic heterocycles. The molecule has 0 bridgehead atoms. The van der Waals surface area contributed by atoms with E-state index in [-0.39, 0.29) is 5.91 Å². The molecule has 4 nitrogen and oxygen atoms in total. The molecule has 0 radical (unpaired) electrons. The molecule has 0 aromatic carbocycles. The number of hydrogen-bond acceptors (Lipinski definition) is 3. The van der Waals surface area contributed by atoms with Crippen LogP contribution in [0.5, 0.6) is 0 Å². The van der Waals surface area contributed by atoms with E-state index in [1.54, 1.807) is 0 Å². The van der Waals surface area contributed by atoms with Gasteiger partial charge in [0.25, 0.3) is 0 Å². The summed E-state index contributed by atoms with van der Waals surface area (Å²) in [6.45, 7) is 1.12. The molecule has 1 saturated heterocycles. The van der Waals surface area contributed by atoms with Crippen molar-refractivity contribution < 1.29 is 4.79 Å². The molecular weight excluding hydrogens is 226 g/mol. The van der Waals surface area contributed by atoms with Crippen molar-refractivity contribution in [2.45, 2.75) is 75.9 Å². The summed E-state index contributed by atoms with van der Waals surface area (Å²) in [6.07, 6.45) is 9.67. The third-order valence-corrected chi connectivity index (χ3v) is 4.27. The van der Waals surface area contributed by atoms with Gasteiger partial charge in [-0.15, -0.1) is 0 Å². The average molecular weight is 253 g/mol. The quantitative estimate of drug-likeness (QED) is 0.707. The Labute approximate surface area is 110 Å². The number of carbonyl (C=O) groups is 1. The second kappa shape index (κ2) is 7.10. The Hall–Kier alpha value is -0.610. The summed E-state index contributed by atoms with van der Waals surface area (Å²) in [5.41, 5.74) is 5.86. The van der Waals surface area contributed by atoms with E-state index >= 15 is 0 Å². The van der Waals surface area contributed by atoms with Crippen molar-refractivity contribution in [3.63, 3.8) is 0 Å². The van der Waals surface area contributed by atoms with Gasteiger partial charge < -0.3 is 16.4 Å². The second-order valence-corrected chi connectivity index (χ2v) is 5.86. The van der Waals surface area contributed by atoms with E-state index in [9.17, 15) is 4.79 Å². The minimum Gasteiger partial charge on any atom is -0.353 e. The van der Waals surface area contributed by atoms with Crippen LogP contribution in [0.3, 0.4) is 0 Å². The van der Waals surface area contributed by atoms with Crippen LogP contribution < -0.4 is 16.4 Å². The molecule has 1 atom stereocenters. The fourth-order valence-electron chi connectivity index (χ4n) is 3.04. The van der Waals surface area contributed by atoms with Crippen molar-refractivity contribution in [1.29, 1.82) is 0 Å². The molecule has 2 rings (SSSR count). The topological polar surface area (TPSA) is 67.1 Å². The predicted molar refractivity (Wildman–Crippen MR) is 73.2 cm³/mol. The lowest BCUT2D eigenvalue weighted by Gasteiger charge is -2.27. The third kappa shape index (κ3) is 4.58. The van der Waals surface area contributed by atoms with Gasteiger partial charge >= 0.3 is 0 Å². The van der Waals surface area contributed by atoms with Gasteiger partial charge in [-0.25, -0.2) is 0 Å². The number of piperidine rings is 1.